The van der Waals surface area contributed by atoms with Crippen molar-refractivity contribution in [2.75, 3.05) is 11.9 Å². The molecular formula is C16H17F3N2O4. The standard InChI is InChI=1S/C16H17F3N2O4/c17-16(18,19)25-12-6-4-11(5-7-12)21-14(23)13(22)20-10-15(24)8-2-1-3-9-15/h2,4-8,24H,1,3,9-10H2,(H,20,22)(H,21,23). The number of amides is 2. The lowest BCUT2D eigenvalue weighted by atomic mass is 9.91. The molecule has 1 aliphatic rings. The van der Waals surface area contributed by atoms with Crippen molar-refractivity contribution in [2.45, 2.75) is 31.2 Å². The lowest BCUT2D eigenvalue weighted by Crippen LogP contribution is -2.45. The van der Waals surface area contributed by atoms with E-state index in [4.69, 9.17) is 0 Å². The largest absolute Gasteiger partial charge is 0.573 e. The van der Waals surface area contributed by atoms with Crippen LogP contribution < -0.4 is 15.4 Å². The molecule has 6 nitrogen and oxygen atoms in total. The predicted molar refractivity (Wildman–Crippen MR) is 82.7 cm³/mol. The minimum atomic E-state index is -4.81. The molecule has 3 N–H and O–H groups in total. The second-order valence-electron chi connectivity index (χ2n) is 5.61. The van der Waals surface area contributed by atoms with Crippen LogP contribution in [-0.4, -0.2) is 35.4 Å². The highest BCUT2D eigenvalue weighted by Crippen LogP contribution is 2.24. The topological polar surface area (TPSA) is 87.7 Å². The number of hydrogen-bond acceptors (Lipinski definition) is 4. The van der Waals surface area contributed by atoms with Gasteiger partial charge in [-0.1, -0.05) is 12.2 Å². The van der Waals surface area contributed by atoms with Crippen molar-refractivity contribution in [1.29, 1.82) is 0 Å². The number of rotatable bonds is 4. The van der Waals surface area contributed by atoms with E-state index in [1.807, 2.05) is 0 Å². The maximum absolute atomic E-state index is 12.1. The van der Waals surface area contributed by atoms with Crippen LogP contribution in [0.25, 0.3) is 0 Å². The van der Waals surface area contributed by atoms with Gasteiger partial charge in [-0.25, -0.2) is 0 Å². The van der Waals surface area contributed by atoms with Crippen molar-refractivity contribution in [1.82, 2.24) is 5.32 Å². The van der Waals surface area contributed by atoms with E-state index in [0.717, 1.165) is 25.0 Å². The van der Waals surface area contributed by atoms with Gasteiger partial charge in [-0.3, -0.25) is 9.59 Å². The van der Waals surface area contributed by atoms with E-state index < -0.39 is 29.5 Å². The van der Waals surface area contributed by atoms with Crippen LogP contribution in [0.2, 0.25) is 0 Å². The number of halogens is 3. The normalized spacial score (nSPS) is 20.0. The first-order valence-electron chi connectivity index (χ1n) is 7.52. The quantitative estimate of drug-likeness (QED) is 0.568. The Balaban J connectivity index is 1.85. The molecule has 0 radical (unpaired) electrons. The van der Waals surface area contributed by atoms with E-state index in [2.05, 4.69) is 15.4 Å². The van der Waals surface area contributed by atoms with Crippen LogP contribution in [0.4, 0.5) is 18.9 Å². The molecule has 0 heterocycles. The fraction of sp³-hybridized carbons (Fsp3) is 0.375. The minimum Gasteiger partial charge on any atom is -0.406 e. The van der Waals surface area contributed by atoms with Gasteiger partial charge in [0.15, 0.2) is 0 Å². The van der Waals surface area contributed by atoms with E-state index in [1.54, 1.807) is 12.2 Å². The molecule has 25 heavy (non-hydrogen) atoms. The highest BCUT2D eigenvalue weighted by Gasteiger charge is 2.31. The zero-order valence-electron chi connectivity index (χ0n) is 13.1. The van der Waals surface area contributed by atoms with Gasteiger partial charge in [0.2, 0.25) is 0 Å². The summed E-state index contributed by atoms with van der Waals surface area (Å²) in [6.45, 7) is -0.103. The average Bonchev–Trinajstić information content (AvgIpc) is 2.54. The van der Waals surface area contributed by atoms with Crippen molar-refractivity contribution in [3.05, 3.63) is 36.4 Å². The van der Waals surface area contributed by atoms with Gasteiger partial charge in [0.25, 0.3) is 0 Å². The molecule has 2 amide bonds. The molecule has 0 fully saturated rings. The molecule has 136 valence electrons. The van der Waals surface area contributed by atoms with Gasteiger partial charge in [0.05, 0.1) is 6.54 Å². The Kier molecular flexibility index (Phi) is 5.68. The van der Waals surface area contributed by atoms with Crippen molar-refractivity contribution < 1.29 is 32.6 Å². The molecule has 0 aliphatic heterocycles. The molecule has 0 saturated heterocycles. The van der Waals surface area contributed by atoms with Crippen LogP contribution in [0.15, 0.2) is 36.4 Å². The zero-order chi connectivity index (χ0) is 18.5. The van der Waals surface area contributed by atoms with Crippen molar-refractivity contribution in [3.8, 4) is 5.75 Å². The molecule has 9 heteroatoms. The SMILES string of the molecule is O=C(NCC1(O)C=CCCC1)C(=O)Nc1ccc(OC(F)(F)F)cc1. The molecule has 0 aromatic heterocycles. The third-order valence-corrected chi connectivity index (χ3v) is 3.52. The monoisotopic (exact) mass is 358 g/mol. The molecule has 1 aromatic rings. The first kappa shape index (κ1) is 18.8. The van der Waals surface area contributed by atoms with Gasteiger partial charge in [0.1, 0.15) is 11.4 Å². The van der Waals surface area contributed by atoms with Gasteiger partial charge in [0, 0.05) is 5.69 Å². The highest BCUT2D eigenvalue weighted by atomic mass is 19.4. The summed E-state index contributed by atoms with van der Waals surface area (Å²) in [5.41, 5.74) is -1.05. The number of carbonyl (C=O) groups excluding carboxylic acids is 2. The second-order valence-corrected chi connectivity index (χ2v) is 5.61. The predicted octanol–water partition coefficient (Wildman–Crippen LogP) is 2.11. The molecule has 1 aliphatic carbocycles. The summed E-state index contributed by atoms with van der Waals surface area (Å²) < 4.78 is 39.9. The average molecular weight is 358 g/mol. The van der Waals surface area contributed by atoms with Gasteiger partial charge in [-0.05, 0) is 43.5 Å². The van der Waals surface area contributed by atoms with E-state index in [0.29, 0.717) is 6.42 Å². The Hall–Kier alpha value is -2.55. The fourth-order valence-electron chi connectivity index (χ4n) is 2.30. The number of nitrogens with one attached hydrogen (secondary N) is 2. The molecule has 1 unspecified atom stereocenters. The molecule has 0 spiro atoms. The smallest absolute Gasteiger partial charge is 0.406 e. The lowest BCUT2D eigenvalue weighted by Gasteiger charge is -2.27. The van der Waals surface area contributed by atoms with Crippen molar-refractivity contribution in [3.63, 3.8) is 0 Å². The van der Waals surface area contributed by atoms with Gasteiger partial charge >= 0.3 is 18.2 Å². The summed E-state index contributed by atoms with van der Waals surface area (Å²) in [6, 6.07) is 4.36. The molecular weight excluding hydrogens is 341 g/mol. The second kappa shape index (κ2) is 7.56. The highest BCUT2D eigenvalue weighted by molar-refractivity contribution is 6.39. The van der Waals surface area contributed by atoms with Crippen molar-refractivity contribution in [2.24, 2.45) is 0 Å². The van der Waals surface area contributed by atoms with E-state index in [-0.39, 0.29) is 12.2 Å². The summed E-state index contributed by atoms with van der Waals surface area (Å²) in [5, 5.41) is 14.8. The number of hydrogen-bond donors (Lipinski definition) is 3. The number of carbonyl (C=O) groups is 2. The summed E-state index contributed by atoms with van der Waals surface area (Å²) in [7, 11) is 0. The van der Waals surface area contributed by atoms with Crippen LogP contribution in [0.1, 0.15) is 19.3 Å². The Labute approximate surface area is 141 Å². The van der Waals surface area contributed by atoms with Crippen molar-refractivity contribution >= 4 is 17.5 Å². The van der Waals surface area contributed by atoms with Gasteiger partial charge in [-0.15, -0.1) is 13.2 Å². The molecule has 0 bridgehead atoms. The third kappa shape index (κ3) is 6.11. The van der Waals surface area contributed by atoms with Crippen LogP contribution in [0, 0.1) is 0 Å². The number of ether oxygens (including phenoxy) is 1. The zero-order valence-corrected chi connectivity index (χ0v) is 13.1. The van der Waals surface area contributed by atoms with Crippen LogP contribution in [-0.2, 0) is 9.59 Å². The minimum absolute atomic E-state index is 0.103. The van der Waals surface area contributed by atoms with E-state index in [1.165, 1.54) is 12.1 Å². The Morgan fingerprint density at radius 3 is 2.44 bits per heavy atom. The number of aliphatic hydroxyl groups is 1. The number of anilines is 1. The number of benzene rings is 1. The Morgan fingerprint density at radius 1 is 1.20 bits per heavy atom. The van der Waals surface area contributed by atoms with E-state index >= 15 is 0 Å². The summed E-state index contributed by atoms with van der Waals surface area (Å²) in [5.74, 6) is -2.39. The number of alkyl halides is 3. The summed E-state index contributed by atoms with van der Waals surface area (Å²) >= 11 is 0. The Bertz CT molecular complexity index is 658. The molecule has 0 saturated carbocycles. The van der Waals surface area contributed by atoms with Gasteiger partial charge < -0.3 is 20.5 Å². The molecule has 1 aromatic carbocycles. The van der Waals surface area contributed by atoms with Crippen LogP contribution in [0.3, 0.4) is 0 Å². The molecule has 2 rings (SSSR count). The first-order valence-corrected chi connectivity index (χ1v) is 7.52. The maximum atomic E-state index is 12.1. The van der Waals surface area contributed by atoms with Crippen LogP contribution in [0.5, 0.6) is 5.75 Å². The lowest BCUT2D eigenvalue weighted by molar-refractivity contribution is -0.274. The summed E-state index contributed by atoms with van der Waals surface area (Å²) in [4.78, 5) is 23.5. The van der Waals surface area contributed by atoms with Gasteiger partial charge in [-0.2, -0.15) is 0 Å². The van der Waals surface area contributed by atoms with Crippen LogP contribution >= 0.6 is 0 Å². The molecule has 1 atom stereocenters. The third-order valence-electron chi connectivity index (χ3n) is 3.52. The maximum Gasteiger partial charge on any atom is 0.573 e. The number of allylic oxidation sites excluding steroid dienone is 1. The summed E-state index contributed by atoms with van der Waals surface area (Å²) in [6.07, 6.45) is 0.700. The van der Waals surface area contributed by atoms with E-state index in [9.17, 15) is 27.9 Å². The Morgan fingerprint density at radius 2 is 1.88 bits per heavy atom. The fourth-order valence-corrected chi connectivity index (χ4v) is 2.30. The first-order chi connectivity index (χ1) is 11.7.